The highest BCUT2D eigenvalue weighted by Gasteiger charge is 2.28. The van der Waals surface area contributed by atoms with Crippen LogP contribution in [-0.4, -0.2) is 17.3 Å². The lowest BCUT2D eigenvalue weighted by Gasteiger charge is -2.23. The Kier molecular flexibility index (Phi) is 6.78. The summed E-state index contributed by atoms with van der Waals surface area (Å²) < 4.78 is 18.5. The molecule has 5 nitrogen and oxygen atoms in total. The molecule has 6 rings (SSSR count). The zero-order chi connectivity index (χ0) is 26.8. The predicted octanol–water partition coefficient (Wildman–Crippen LogP) is 7.72. The van der Waals surface area contributed by atoms with E-state index in [1.165, 1.54) is 20.9 Å². The van der Waals surface area contributed by atoms with Crippen molar-refractivity contribution in [2.24, 2.45) is 0 Å². The zero-order valence-corrected chi connectivity index (χ0v) is 22.3. The van der Waals surface area contributed by atoms with E-state index in [1.54, 1.807) is 31.4 Å². The van der Waals surface area contributed by atoms with E-state index in [0.717, 1.165) is 16.0 Å². The second-order valence-corrected chi connectivity index (χ2v) is 11.4. The number of hydrogen-bond donors (Lipinski definition) is 3. The number of phenols is 2. The molecule has 0 bridgehead atoms. The van der Waals surface area contributed by atoms with Crippen molar-refractivity contribution >= 4 is 10.9 Å². The lowest BCUT2D eigenvalue weighted by molar-refractivity contribution is 0.256. The summed E-state index contributed by atoms with van der Waals surface area (Å²) in [5.41, 5.74) is 4.37. The molecule has 39 heavy (non-hydrogen) atoms. The fraction of sp³-hybridized carbons (Fsp3) is 0.0909. The van der Waals surface area contributed by atoms with Crippen molar-refractivity contribution in [1.29, 1.82) is 0 Å². The number of phenolic OH excluding ortho intramolecular Hbond substituents is 2. The molecule has 1 aliphatic heterocycles. The second kappa shape index (κ2) is 10.7. The predicted molar refractivity (Wildman–Crippen MR) is 154 cm³/mol. The molecule has 0 aliphatic carbocycles. The Morgan fingerprint density at radius 3 is 1.46 bits per heavy atom. The van der Waals surface area contributed by atoms with Crippen molar-refractivity contribution in [1.82, 2.24) is 0 Å². The van der Waals surface area contributed by atoms with E-state index < -0.39 is 10.9 Å². The first kappa shape index (κ1) is 24.8. The fourth-order valence-electron chi connectivity index (χ4n) is 4.81. The fourth-order valence-corrected chi connectivity index (χ4v) is 7.47. The summed E-state index contributed by atoms with van der Waals surface area (Å²) in [6, 6.07) is 35.2. The van der Waals surface area contributed by atoms with Gasteiger partial charge in [0.25, 0.3) is 0 Å². The van der Waals surface area contributed by atoms with Crippen LogP contribution < -0.4 is 14.2 Å². The molecule has 1 heterocycles. The molecule has 0 amide bonds. The van der Waals surface area contributed by atoms with Crippen molar-refractivity contribution < 1.29 is 24.4 Å². The van der Waals surface area contributed by atoms with Crippen LogP contribution in [0.5, 0.6) is 28.7 Å². The minimum absolute atomic E-state index is 0.213. The topological polar surface area (TPSA) is 68.2 Å². The Morgan fingerprint density at radius 2 is 1.03 bits per heavy atom. The maximum atomic E-state index is 9.66. The van der Waals surface area contributed by atoms with Crippen molar-refractivity contribution in [3.05, 3.63) is 120 Å². The van der Waals surface area contributed by atoms with Gasteiger partial charge in [-0.15, -0.1) is 0 Å². The molecular formula is C33H28O5S. The van der Waals surface area contributed by atoms with Gasteiger partial charge in [-0.25, -0.2) is 0 Å². The van der Waals surface area contributed by atoms with Gasteiger partial charge in [0.15, 0.2) is 11.5 Å². The molecule has 0 spiro atoms. The molecule has 0 aromatic heterocycles. The zero-order valence-electron chi connectivity index (χ0n) is 21.4. The van der Waals surface area contributed by atoms with Gasteiger partial charge >= 0.3 is 0 Å². The van der Waals surface area contributed by atoms with Crippen LogP contribution in [0.4, 0.5) is 0 Å². The SMILES string of the molecule is COc1c(OCc2ccc(O)cc2)cc([SH]2c3ccccc3-c3ccccc32)cc1OCc1ccc(O)cc1. The van der Waals surface area contributed by atoms with E-state index in [9.17, 15) is 10.2 Å². The first-order valence-electron chi connectivity index (χ1n) is 12.6. The molecule has 196 valence electrons. The van der Waals surface area contributed by atoms with Crippen LogP contribution in [0.25, 0.3) is 11.1 Å². The van der Waals surface area contributed by atoms with E-state index >= 15 is 0 Å². The molecule has 1 aliphatic rings. The summed E-state index contributed by atoms with van der Waals surface area (Å²) in [6.45, 7) is 0.616. The lowest BCUT2D eigenvalue weighted by atomic mass is 10.1. The van der Waals surface area contributed by atoms with Crippen LogP contribution in [0.2, 0.25) is 0 Å². The van der Waals surface area contributed by atoms with Gasteiger partial charge in [-0.1, -0.05) is 60.7 Å². The average molecular weight is 537 g/mol. The summed E-state index contributed by atoms with van der Waals surface area (Å²) in [5, 5.41) is 19.3. The van der Waals surface area contributed by atoms with Gasteiger partial charge in [0, 0.05) is 14.7 Å². The summed E-state index contributed by atoms with van der Waals surface area (Å²) in [5.74, 6) is 2.13. The molecule has 5 aromatic rings. The molecule has 0 saturated heterocycles. The smallest absolute Gasteiger partial charge is 0.203 e. The molecule has 2 N–H and O–H groups in total. The number of benzene rings is 5. The van der Waals surface area contributed by atoms with Crippen molar-refractivity contribution in [2.45, 2.75) is 27.9 Å². The first-order chi connectivity index (χ1) is 19.1. The molecule has 6 heteroatoms. The number of hydrogen-bond acceptors (Lipinski definition) is 5. The van der Waals surface area contributed by atoms with Crippen LogP contribution in [0.1, 0.15) is 11.1 Å². The summed E-state index contributed by atoms with van der Waals surface area (Å²) in [4.78, 5) is 3.70. The third-order valence-electron chi connectivity index (χ3n) is 6.71. The van der Waals surface area contributed by atoms with Gasteiger partial charge in [-0.05, 0) is 70.8 Å². The molecule has 0 radical (unpaired) electrons. The van der Waals surface area contributed by atoms with E-state index in [2.05, 4.69) is 60.7 Å². The molecule has 0 unspecified atom stereocenters. The highest BCUT2D eigenvalue weighted by molar-refractivity contribution is 8.17. The number of fused-ring (bicyclic) bond motifs is 3. The highest BCUT2D eigenvalue weighted by atomic mass is 32.2. The van der Waals surface area contributed by atoms with Crippen molar-refractivity contribution in [3.63, 3.8) is 0 Å². The molecular weight excluding hydrogens is 508 g/mol. The highest BCUT2D eigenvalue weighted by Crippen LogP contribution is 2.63. The molecule has 0 fully saturated rings. The largest absolute Gasteiger partial charge is 0.508 e. The summed E-state index contributed by atoms with van der Waals surface area (Å²) >= 11 is 0. The Hall–Kier alpha value is -4.55. The number of rotatable bonds is 8. The summed E-state index contributed by atoms with van der Waals surface area (Å²) in [7, 11) is 0.770. The first-order valence-corrected chi connectivity index (χ1v) is 14.0. The van der Waals surface area contributed by atoms with Gasteiger partial charge in [0.2, 0.25) is 5.75 Å². The van der Waals surface area contributed by atoms with Gasteiger partial charge in [0.1, 0.15) is 24.7 Å². The van der Waals surface area contributed by atoms with Crippen molar-refractivity contribution in [3.8, 4) is 39.9 Å². The number of thiol groups is 1. The number of aromatic hydroxyl groups is 2. The van der Waals surface area contributed by atoms with E-state index in [4.69, 9.17) is 14.2 Å². The second-order valence-electron chi connectivity index (χ2n) is 9.26. The Bertz CT molecular complexity index is 1500. The van der Waals surface area contributed by atoms with Gasteiger partial charge in [0.05, 0.1) is 7.11 Å². The monoisotopic (exact) mass is 536 g/mol. The minimum atomic E-state index is -0.842. The Morgan fingerprint density at radius 1 is 0.590 bits per heavy atom. The maximum Gasteiger partial charge on any atom is 0.203 e. The Balaban J connectivity index is 1.42. The third-order valence-corrected chi connectivity index (χ3v) is 9.23. The number of methoxy groups -OCH3 is 1. The quantitative estimate of drug-likeness (QED) is 0.174. The van der Waals surface area contributed by atoms with Crippen molar-refractivity contribution in [2.75, 3.05) is 7.11 Å². The van der Waals surface area contributed by atoms with E-state index in [-0.39, 0.29) is 11.5 Å². The molecule has 5 aromatic carbocycles. The van der Waals surface area contributed by atoms with Crippen LogP contribution in [0.15, 0.2) is 124 Å². The molecule has 0 saturated carbocycles. The van der Waals surface area contributed by atoms with Gasteiger partial charge in [-0.2, -0.15) is 10.9 Å². The lowest BCUT2D eigenvalue weighted by Crippen LogP contribution is -2.02. The Labute approximate surface area is 230 Å². The van der Waals surface area contributed by atoms with E-state index in [0.29, 0.717) is 30.5 Å². The normalized spacial score (nSPS) is 12.5. The van der Waals surface area contributed by atoms with Crippen LogP contribution in [-0.2, 0) is 13.2 Å². The molecule has 0 atom stereocenters. The van der Waals surface area contributed by atoms with Crippen LogP contribution in [0, 0.1) is 0 Å². The average Bonchev–Trinajstić information content (AvgIpc) is 3.31. The maximum absolute atomic E-state index is 9.66. The summed E-state index contributed by atoms with van der Waals surface area (Å²) in [6.07, 6.45) is 0. The number of ether oxygens (including phenoxy) is 3. The van der Waals surface area contributed by atoms with Crippen LogP contribution >= 0.6 is 10.9 Å². The van der Waals surface area contributed by atoms with Gasteiger partial charge < -0.3 is 24.4 Å². The third kappa shape index (κ3) is 4.99. The van der Waals surface area contributed by atoms with E-state index in [1.807, 2.05) is 24.3 Å². The minimum Gasteiger partial charge on any atom is -0.508 e. The van der Waals surface area contributed by atoms with Gasteiger partial charge in [-0.3, -0.25) is 0 Å². The standard InChI is InChI=1S/C33H28O5S/c1-36-33-29(37-20-22-10-14-24(34)15-11-22)18-26(19-30(33)38-21-23-12-16-25(35)17-13-23)39-31-8-4-2-6-27(31)28-7-3-5-9-32(28)39/h2-19,34-35,39H,20-21H2,1H3. The van der Waals surface area contributed by atoms with Crippen LogP contribution in [0.3, 0.4) is 0 Å².